The van der Waals surface area contributed by atoms with E-state index in [-0.39, 0.29) is 12.0 Å². The smallest absolute Gasteiger partial charge is 0.414 e. The summed E-state index contributed by atoms with van der Waals surface area (Å²) in [5.41, 5.74) is 1.41. The maximum atomic E-state index is 11.6. The maximum absolute atomic E-state index is 11.6. The van der Waals surface area contributed by atoms with Gasteiger partial charge in [0, 0.05) is 0 Å². The van der Waals surface area contributed by atoms with Crippen LogP contribution >= 0.6 is 11.6 Å². The van der Waals surface area contributed by atoms with Crippen LogP contribution < -0.4 is 5.32 Å². The summed E-state index contributed by atoms with van der Waals surface area (Å²) in [6, 6.07) is 10.6. The molecule has 0 heterocycles. The van der Waals surface area contributed by atoms with Gasteiger partial charge in [-0.2, -0.15) is 0 Å². The quantitative estimate of drug-likeness (QED) is 0.529. The van der Waals surface area contributed by atoms with Gasteiger partial charge in [-0.3, -0.25) is 10.1 Å². The number of alkyl carbamates (subject to hydrolysis) is 1. The first kappa shape index (κ1) is 19.8. The third-order valence-corrected chi connectivity index (χ3v) is 5.03. The van der Waals surface area contributed by atoms with Gasteiger partial charge in [0.1, 0.15) is 12.0 Å². The van der Waals surface area contributed by atoms with Crippen LogP contribution in [-0.4, -0.2) is 24.0 Å². The number of imide groups is 1. The van der Waals surface area contributed by atoms with E-state index in [0.29, 0.717) is 5.92 Å². The summed E-state index contributed by atoms with van der Waals surface area (Å²) in [6.45, 7) is 0. The second-order valence-electron chi connectivity index (χ2n) is 6.83. The molecule has 2 rings (SSSR count). The van der Waals surface area contributed by atoms with Crippen LogP contribution in [0.15, 0.2) is 30.3 Å². The molecule has 2 amide bonds. The largest absolute Gasteiger partial charge is 0.446 e. The minimum atomic E-state index is -0.667. The fourth-order valence-corrected chi connectivity index (χ4v) is 3.59. The average molecular weight is 366 g/mol. The molecule has 0 spiro atoms. The molecule has 1 aromatic carbocycles. The van der Waals surface area contributed by atoms with Crippen LogP contribution in [0.2, 0.25) is 0 Å². The van der Waals surface area contributed by atoms with E-state index in [1.807, 2.05) is 0 Å². The number of ether oxygens (including phenoxy) is 1. The summed E-state index contributed by atoms with van der Waals surface area (Å²) in [7, 11) is 0. The van der Waals surface area contributed by atoms with E-state index < -0.39 is 12.0 Å². The summed E-state index contributed by atoms with van der Waals surface area (Å²) >= 11 is 5.36. The van der Waals surface area contributed by atoms with Gasteiger partial charge in [0.15, 0.2) is 0 Å². The zero-order valence-corrected chi connectivity index (χ0v) is 15.5. The third kappa shape index (κ3) is 7.91. The van der Waals surface area contributed by atoms with Gasteiger partial charge in [0.05, 0.1) is 0 Å². The first-order valence-corrected chi connectivity index (χ1v) is 9.81. The molecule has 0 bridgehead atoms. The van der Waals surface area contributed by atoms with E-state index in [2.05, 4.69) is 35.6 Å². The van der Waals surface area contributed by atoms with Crippen molar-refractivity contribution in [2.45, 2.75) is 63.9 Å². The Balaban J connectivity index is 1.59. The van der Waals surface area contributed by atoms with Gasteiger partial charge in [-0.15, -0.1) is 11.6 Å². The Morgan fingerprint density at radius 1 is 1.12 bits per heavy atom. The molecule has 1 aromatic rings. The van der Waals surface area contributed by atoms with Crippen molar-refractivity contribution in [3.8, 4) is 0 Å². The standard InChI is InChI=1S/C20H28ClNO3/c21-15-19(23)22-20(24)25-18-13-7-12-17(14-18)11-6-2-5-10-16-8-3-1-4-9-16/h1,3-4,8-9,17-18H,2,5-7,10-15H2,(H,22,23,24). The molecular formula is C20H28ClNO3. The molecule has 1 aliphatic rings. The van der Waals surface area contributed by atoms with E-state index in [1.54, 1.807) is 0 Å². The predicted molar refractivity (Wildman–Crippen MR) is 99.7 cm³/mol. The first-order chi connectivity index (χ1) is 12.2. The molecule has 25 heavy (non-hydrogen) atoms. The average Bonchev–Trinajstić information content (AvgIpc) is 2.62. The third-order valence-electron chi connectivity index (χ3n) is 4.79. The molecule has 0 aromatic heterocycles. The highest BCUT2D eigenvalue weighted by molar-refractivity contribution is 6.28. The number of carbonyl (C=O) groups is 2. The molecule has 138 valence electrons. The zero-order chi connectivity index (χ0) is 17.9. The van der Waals surface area contributed by atoms with Gasteiger partial charge in [-0.1, -0.05) is 56.0 Å². The molecular weight excluding hydrogens is 338 g/mol. The van der Waals surface area contributed by atoms with E-state index in [0.717, 1.165) is 25.7 Å². The fourth-order valence-electron chi connectivity index (χ4n) is 3.52. The Labute approximate surface area is 155 Å². The molecule has 1 fully saturated rings. The lowest BCUT2D eigenvalue weighted by atomic mass is 9.84. The summed E-state index contributed by atoms with van der Waals surface area (Å²) in [6.07, 6.45) is 9.35. The van der Waals surface area contributed by atoms with Crippen LogP contribution in [-0.2, 0) is 16.0 Å². The molecule has 0 saturated heterocycles. The summed E-state index contributed by atoms with van der Waals surface area (Å²) in [5, 5.41) is 2.14. The van der Waals surface area contributed by atoms with Crippen LogP contribution in [0, 0.1) is 5.92 Å². The number of rotatable bonds is 8. The number of halogens is 1. The molecule has 0 radical (unpaired) electrons. The van der Waals surface area contributed by atoms with Crippen molar-refractivity contribution < 1.29 is 14.3 Å². The van der Waals surface area contributed by atoms with Crippen molar-refractivity contribution in [2.24, 2.45) is 5.92 Å². The minimum absolute atomic E-state index is 0.0776. The van der Waals surface area contributed by atoms with Crippen molar-refractivity contribution in [3.63, 3.8) is 0 Å². The molecule has 2 atom stereocenters. The van der Waals surface area contributed by atoms with E-state index >= 15 is 0 Å². The Morgan fingerprint density at radius 2 is 1.92 bits per heavy atom. The topological polar surface area (TPSA) is 55.4 Å². The van der Waals surface area contributed by atoms with Gasteiger partial charge in [0.2, 0.25) is 5.91 Å². The van der Waals surface area contributed by atoms with Gasteiger partial charge < -0.3 is 4.74 Å². The maximum Gasteiger partial charge on any atom is 0.414 e. The number of aryl methyl sites for hydroxylation is 1. The summed E-state index contributed by atoms with van der Waals surface area (Å²) in [5.74, 6) is -0.129. The lowest BCUT2D eigenvalue weighted by Crippen LogP contribution is -2.36. The van der Waals surface area contributed by atoms with Gasteiger partial charge in [0.25, 0.3) is 0 Å². The van der Waals surface area contributed by atoms with Gasteiger partial charge in [-0.05, 0) is 43.6 Å². The van der Waals surface area contributed by atoms with Crippen molar-refractivity contribution in [2.75, 3.05) is 5.88 Å². The molecule has 2 unspecified atom stereocenters. The summed E-state index contributed by atoms with van der Waals surface area (Å²) < 4.78 is 5.35. The van der Waals surface area contributed by atoms with Crippen molar-refractivity contribution >= 4 is 23.6 Å². The second kappa shape index (κ2) is 11.1. The van der Waals surface area contributed by atoms with Crippen LogP contribution in [0.25, 0.3) is 0 Å². The van der Waals surface area contributed by atoms with Crippen LogP contribution in [0.4, 0.5) is 4.79 Å². The Kier molecular flexibility index (Phi) is 8.81. The molecule has 5 heteroatoms. The highest BCUT2D eigenvalue weighted by Gasteiger charge is 2.25. The van der Waals surface area contributed by atoms with E-state index in [4.69, 9.17) is 16.3 Å². The number of unbranched alkanes of at least 4 members (excludes halogenated alkanes) is 2. The number of hydrogen-bond donors (Lipinski definition) is 1. The number of nitrogens with one attached hydrogen (secondary N) is 1. The zero-order valence-electron chi connectivity index (χ0n) is 14.7. The molecule has 0 aliphatic heterocycles. The van der Waals surface area contributed by atoms with E-state index in [1.165, 1.54) is 37.7 Å². The number of carbonyl (C=O) groups excluding carboxylic acids is 2. The second-order valence-corrected chi connectivity index (χ2v) is 7.09. The SMILES string of the molecule is O=C(CCl)NC(=O)OC1CCCC(CCCCCc2ccccc2)C1. The highest BCUT2D eigenvalue weighted by Crippen LogP contribution is 2.30. The Morgan fingerprint density at radius 3 is 2.68 bits per heavy atom. The van der Waals surface area contributed by atoms with Crippen molar-refractivity contribution in [1.29, 1.82) is 0 Å². The summed E-state index contributed by atoms with van der Waals surface area (Å²) in [4.78, 5) is 22.7. The molecule has 1 N–H and O–H groups in total. The number of hydrogen-bond acceptors (Lipinski definition) is 3. The van der Waals surface area contributed by atoms with Crippen LogP contribution in [0.1, 0.15) is 56.9 Å². The number of alkyl halides is 1. The van der Waals surface area contributed by atoms with Crippen molar-refractivity contribution in [1.82, 2.24) is 5.32 Å². The Hall–Kier alpha value is -1.55. The minimum Gasteiger partial charge on any atom is -0.446 e. The number of amides is 2. The fraction of sp³-hybridized carbons (Fsp3) is 0.600. The molecule has 4 nitrogen and oxygen atoms in total. The lowest BCUT2D eigenvalue weighted by molar-refractivity contribution is -0.118. The van der Waals surface area contributed by atoms with Crippen molar-refractivity contribution in [3.05, 3.63) is 35.9 Å². The Bertz CT molecular complexity index is 535. The van der Waals surface area contributed by atoms with Gasteiger partial charge >= 0.3 is 6.09 Å². The first-order valence-electron chi connectivity index (χ1n) is 9.27. The van der Waals surface area contributed by atoms with E-state index in [9.17, 15) is 9.59 Å². The monoisotopic (exact) mass is 365 g/mol. The van der Waals surface area contributed by atoms with Crippen LogP contribution in [0.5, 0.6) is 0 Å². The molecule has 1 aliphatic carbocycles. The van der Waals surface area contributed by atoms with Crippen LogP contribution in [0.3, 0.4) is 0 Å². The normalized spacial score (nSPS) is 20.0. The number of benzene rings is 1. The van der Waals surface area contributed by atoms with Gasteiger partial charge in [-0.25, -0.2) is 4.79 Å². The predicted octanol–water partition coefficient (Wildman–Crippen LogP) is 4.84. The lowest BCUT2D eigenvalue weighted by Gasteiger charge is -2.28. The molecule has 1 saturated carbocycles. The highest BCUT2D eigenvalue weighted by atomic mass is 35.5.